The molecule has 1 aromatic rings. The number of nitrogens with two attached hydrogens (primary N) is 1. The van der Waals surface area contributed by atoms with Crippen LogP contribution >= 0.6 is 0 Å². The van der Waals surface area contributed by atoms with Crippen LogP contribution in [0.4, 0.5) is 0 Å². The van der Waals surface area contributed by atoms with Crippen LogP contribution in [-0.2, 0) is 0 Å². The molecule has 1 aromatic heterocycles. The SMILES string of the molecule is Cc1cccc(C2CCCC(CN)C2)n1. The van der Waals surface area contributed by atoms with Gasteiger partial charge in [0.25, 0.3) is 0 Å². The molecule has 0 radical (unpaired) electrons. The van der Waals surface area contributed by atoms with E-state index in [-0.39, 0.29) is 0 Å². The zero-order chi connectivity index (χ0) is 10.7. The topological polar surface area (TPSA) is 38.9 Å². The minimum atomic E-state index is 0.646. The molecule has 1 aliphatic carbocycles. The van der Waals surface area contributed by atoms with Gasteiger partial charge in [-0.2, -0.15) is 0 Å². The molecule has 2 rings (SSSR count). The van der Waals surface area contributed by atoms with Crippen molar-refractivity contribution in [3.8, 4) is 0 Å². The molecule has 1 saturated carbocycles. The Labute approximate surface area is 91.9 Å². The average molecular weight is 204 g/mol. The van der Waals surface area contributed by atoms with Gasteiger partial charge in [0.05, 0.1) is 0 Å². The molecule has 2 heteroatoms. The van der Waals surface area contributed by atoms with Crippen LogP contribution in [0, 0.1) is 12.8 Å². The second-order valence-electron chi connectivity index (χ2n) is 4.67. The van der Waals surface area contributed by atoms with Crippen molar-refractivity contribution in [1.82, 2.24) is 4.98 Å². The molecule has 2 atom stereocenters. The zero-order valence-electron chi connectivity index (χ0n) is 9.45. The summed E-state index contributed by atoms with van der Waals surface area (Å²) in [6.07, 6.45) is 5.13. The Bertz CT molecular complexity index is 322. The first-order valence-electron chi connectivity index (χ1n) is 5.93. The van der Waals surface area contributed by atoms with Crippen molar-refractivity contribution >= 4 is 0 Å². The summed E-state index contributed by atoms with van der Waals surface area (Å²) < 4.78 is 0. The highest BCUT2D eigenvalue weighted by Crippen LogP contribution is 2.34. The highest BCUT2D eigenvalue weighted by molar-refractivity contribution is 5.14. The van der Waals surface area contributed by atoms with Crippen molar-refractivity contribution in [2.24, 2.45) is 11.7 Å². The molecule has 2 N–H and O–H groups in total. The molecule has 0 aromatic carbocycles. The third-order valence-electron chi connectivity index (χ3n) is 3.44. The van der Waals surface area contributed by atoms with E-state index in [0.29, 0.717) is 11.8 Å². The van der Waals surface area contributed by atoms with Crippen LogP contribution in [0.15, 0.2) is 18.2 Å². The summed E-state index contributed by atoms with van der Waals surface area (Å²) >= 11 is 0. The van der Waals surface area contributed by atoms with Gasteiger partial charge in [-0.25, -0.2) is 0 Å². The predicted octanol–water partition coefficient (Wildman–Crippen LogP) is 2.62. The summed E-state index contributed by atoms with van der Waals surface area (Å²) in [6.45, 7) is 2.90. The molecule has 0 saturated heterocycles. The standard InChI is InChI=1S/C13H20N2/c1-10-4-2-7-13(15-10)12-6-3-5-11(8-12)9-14/h2,4,7,11-12H,3,5-6,8-9,14H2,1H3. The van der Waals surface area contributed by atoms with Gasteiger partial charge in [0.1, 0.15) is 0 Å². The van der Waals surface area contributed by atoms with Gasteiger partial charge in [-0.1, -0.05) is 12.5 Å². The highest BCUT2D eigenvalue weighted by atomic mass is 14.7. The van der Waals surface area contributed by atoms with Gasteiger partial charge >= 0.3 is 0 Å². The van der Waals surface area contributed by atoms with Crippen LogP contribution in [0.25, 0.3) is 0 Å². The quantitative estimate of drug-likeness (QED) is 0.804. The van der Waals surface area contributed by atoms with Crippen molar-refractivity contribution in [2.45, 2.75) is 38.5 Å². The van der Waals surface area contributed by atoms with Crippen molar-refractivity contribution in [2.75, 3.05) is 6.54 Å². The fraction of sp³-hybridized carbons (Fsp3) is 0.615. The Hall–Kier alpha value is -0.890. The van der Waals surface area contributed by atoms with Gasteiger partial charge in [-0.3, -0.25) is 4.98 Å². The lowest BCUT2D eigenvalue weighted by Crippen LogP contribution is -2.22. The van der Waals surface area contributed by atoms with E-state index in [1.54, 1.807) is 0 Å². The summed E-state index contributed by atoms with van der Waals surface area (Å²) in [6, 6.07) is 6.34. The second-order valence-corrected chi connectivity index (χ2v) is 4.67. The monoisotopic (exact) mass is 204 g/mol. The molecular formula is C13H20N2. The molecule has 1 heterocycles. The smallest absolute Gasteiger partial charge is 0.0437 e. The zero-order valence-corrected chi connectivity index (χ0v) is 9.45. The van der Waals surface area contributed by atoms with Crippen LogP contribution in [0.2, 0.25) is 0 Å². The summed E-state index contributed by atoms with van der Waals surface area (Å²) in [4.78, 5) is 4.62. The second kappa shape index (κ2) is 4.75. The van der Waals surface area contributed by atoms with Gasteiger partial charge < -0.3 is 5.73 Å². The summed E-state index contributed by atoms with van der Waals surface area (Å²) in [5, 5.41) is 0. The fourth-order valence-electron chi connectivity index (χ4n) is 2.57. The Balaban J connectivity index is 2.09. The number of aromatic nitrogens is 1. The molecule has 0 aliphatic heterocycles. The van der Waals surface area contributed by atoms with Crippen molar-refractivity contribution in [3.63, 3.8) is 0 Å². The minimum Gasteiger partial charge on any atom is -0.330 e. The maximum Gasteiger partial charge on any atom is 0.0437 e. The molecule has 2 unspecified atom stereocenters. The molecule has 1 fully saturated rings. The van der Waals surface area contributed by atoms with E-state index >= 15 is 0 Å². The Morgan fingerprint density at radius 2 is 2.27 bits per heavy atom. The van der Waals surface area contributed by atoms with Gasteiger partial charge in [0.2, 0.25) is 0 Å². The van der Waals surface area contributed by atoms with Gasteiger partial charge in [0.15, 0.2) is 0 Å². The molecular weight excluding hydrogens is 184 g/mol. The van der Waals surface area contributed by atoms with Crippen LogP contribution in [0.3, 0.4) is 0 Å². The number of rotatable bonds is 2. The molecule has 0 spiro atoms. The first-order chi connectivity index (χ1) is 7.29. The van der Waals surface area contributed by atoms with Crippen molar-refractivity contribution < 1.29 is 0 Å². The van der Waals surface area contributed by atoms with E-state index < -0.39 is 0 Å². The lowest BCUT2D eigenvalue weighted by atomic mass is 9.80. The number of aryl methyl sites for hydroxylation is 1. The number of hydrogen-bond acceptors (Lipinski definition) is 2. The van der Waals surface area contributed by atoms with E-state index in [0.717, 1.165) is 12.2 Å². The third-order valence-corrected chi connectivity index (χ3v) is 3.44. The van der Waals surface area contributed by atoms with Crippen molar-refractivity contribution in [3.05, 3.63) is 29.6 Å². The Morgan fingerprint density at radius 3 is 3.00 bits per heavy atom. The average Bonchev–Trinajstić information content (AvgIpc) is 2.29. The lowest BCUT2D eigenvalue weighted by molar-refractivity contribution is 0.325. The van der Waals surface area contributed by atoms with Crippen molar-refractivity contribution in [1.29, 1.82) is 0 Å². The Morgan fingerprint density at radius 1 is 1.40 bits per heavy atom. The molecule has 2 nitrogen and oxygen atoms in total. The molecule has 0 bridgehead atoms. The van der Waals surface area contributed by atoms with Gasteiger partial charge in [0, 0.05) is 17.3 Å². The maximum atomic E-state index is 5.75. The van der Waals surface area contributed by atoms with E-state index in [4.69, 9.17) is 5.73 Å². The highest BCUT2D eigenvalue weighted by Gasteiger charge is 2.22. The van der Waals surface area contributed by atoms with E-state index in [2.05, 4.69) is 30.1 Å². The molecule has 82 valence electrons. The fourth-order valence-corrected chi connectivity index (χ4v) is 2.57. The normalized spacial score (nSPS) is 26.5. The summed E-state index contributed by atoms with van der Waals surface area (Å²) in [5.41, 5.74) is 8.15. The lowest BCUT2D eigenvalue weighted by Gasteiger charge is -2.27. The molecule has 1 aliphatic rings. The number of hydrogen-bond donors (Lipinski definition) is 1. The minimum absolute atomic E-state index is 0.646. The van der Waals surface area contributed by atoms with Crippen LogP contribution in [0.1, 0.15) is 43.0 Å². The maximum absolute atomic E-state index is 5.75. The van der Waals surface area contributed by atoms with E-state index in [1.807, 2.05) is 0 Å². The number of pyridine rings is 1. The summed E-state index contributed by atoms with van der Waals surface area (Å²) in [5.74, 6) is 1.36. The first-order valence-corrected chi connectivity index (χ1v) is 5.93. The molecule has 0 amide bonds. The van der Waals surface area contributed by atoms with Crippen LogP contribution < -0.4 is 5.73 Å². The summed E-state index contributed by atoms with van der Waals surface area (Å²) in [7, 11) is 0. The Kier molecular flexibility index (Phi) is 3.37. The van der Waals surface area contributed by atoms with Crippen LogP contribution in [-0.4, -0.2) is 11.5 Å². The predicted molar refractivity (Wildman–Crippen MR) is 62.7 cm³/mol. The van der Waals surface area contributed by atoms with Gasteiger partial charge in [-0.05, 0) is 50.8 Å². The number of nitrogens with zero attached hydrogens (tertiary/aromatic N) is 1. The van der Waals surface area contributed by atoms with E-state index in [1.165, 1.54) is 31.4 Å². The third kappa shape index (κ3) is 2.57. The largest absolute Gasteiger partial charge is 0.330 e. The van der Waals surface area contributed by atoms with Gasteiger partial charge in [-0.15, -0.1) is 0 Å². The first kappa shape index (κ1) is 10.6. The van der Waals surface area contributed by atoms with E-state index in [9.17, 15) is 0 Å². The van der Waals surface area contributed by atoms with Crippen LogP contribution in [0.5, 0.6) is 0 Å². The molecule has 15 heavy (non-hydrogen) atoms.